The van der Waals surface area contributed by atoms with Gasteiger partial charge in [-0.25, -0.2) is 4.79 Å². The number of amides is 3. The molecule has 7 atom stereocenters. The second-order valence-corrected chi connectivity index (χ2v) is 13.6. The van der Waals surface area contributed by atoms with E-state index in [1.807, 2.05) is 13.8 Å². The summed E-state index contributed by atoms with van der Waals surface area (Å²) in [5, 5.41) is 8.17. The molecule has 39 heavy (non-hydrogen) atoms. The van der Waals surface area contributed by atoms with E-state index in [1.54, 1.807) is 20.8 Å². The minimum atomic E-state index is -4.55. The first-order chi connectivity index (χ1) is 17.8. The molecule has 2 aliphatic carbocycles. The number of ether oxygens (including phenoxy) is 1. The first-order valence-electron chi connectivity index (χ1n) is 13.7. The van der Waals surface area contributed by atoms with Gasteiger partial charge >= 0.3 is 12.1 Å². The van der Waals surface area contributed by atoms with Crippen LogP contribution in [-0.4, -0.2) is 78.1 Å². The summed E-state index contributed by atoms with van der Waals surface area (Å²) in [6.45, 7) is 10.2. The average molecular weight is 559 g/mol. The van der Waals surface area contributed by atoms with E-state index >= 15 is 0 Å². The molecule has 2 unspecified atom stereocenters. The van der Waals surface area contributed by atoms with Gasteiger partial charge in [0.15, 0.2) is 0 Å². The van der Waals surface area contributed by atoms with Crippen molar-refractivity contribution < 1.29 is 37.1 Å². The van der Waals surface area contributed by atoms with Crippen LogP contribution in [0.4, 0.5) is 13.2 Å². The third kappa shape index (κ3) is 5.63. The molecule has 0 bridgehead atoms. The van der Waals surface area contributed by atoms with Gasteiger partial charge in [-0.2, -0.15) is 13.2 Å². The Labute approximate surface area is 227 Å². The van der Waals surface area contributed by atoms with Crippen LogP contribution in [0.3, 0.4) is 0 Å². The molecule has 12 heteroatoms. The maximum atomic E-state index is 13.8. The Balaban J connectivity index is 1.54. The zero-order valence-corrected chi connectivity index (χ0v) is 23.7. The number of halogens is 3. The van der Waals surface area contributed by atoms with Gasteiger partial charge in [-0.05, 0) is 55.3 Å². The molecular weight excluding hydrogens is 517 g/mol. The Morgan fingerprint density at radius 3 is 2.28 bits per heavy atom. The van der Waals surface area contributed by atoms with Crippen molar-refractivity contribution in [3.05, 3.63) is 0 Å². The van der Waals surface area contributed by atoms with E-state index in [0.29, 0.717) is 6.42 Å². The number of carbonyl (C=O) groups excluding carboxylic acids is 4. The van der Waals surface area contributed by atoms with Crippen molar-refractivity contribution in [3.63, 3.8) is 0 Å². The zero-order valence-electron chi connectivity index (χ0n) is 23.7. The van der Waals surface area contributed by atoms with Gasteiger partial charge in [0.2, 0.25) is 17.7 Å². The van der Waals surface area contributed by atoms with Crippen LogP contribution in [-0.2, 0) is 23.9 Å². The number of likely N-dealkylation sites (tertiary alicyclic amines) is 1. The molecule has 2 heterocycles. The quantitative estimate of drug-likeness (QED) is 0.393. The molecule has 3 amide bonds. The molecule has 1 spiro atoms. The Kier molecular flexibility index (Phi) is 7.31. The average Bonchev–Trinajstić information content (AvgIpc) is 3.53. The van der Waals surface area contributed by atoms with E-state index in [0.717, 1.165) is 19.8 Å². The molecule has 2 saturated heterocycles. The SMILES string of the molecule is COC(=O)[C@H](C[C@@H]1CC2(CC2)NC1=O)NC(=O)[C@@H]1[C@@H]2[C@H](CN1C(=O)C(NC(C)C(F)(F)F)C(C)(C)C)C2(C)C. The Morgan fingerprint density at radius 2 is 1.79 bits per heavy atom. The van der Waals surface area contributed by atoms with Gasteiger partial charge in [0.1, 0.15) is 18.1 Å². The summed E-state index contributed by atoms with van der Waals surface area (Å²) in [6, 6.07) is -5.17. The first kappa shape index (κ1) is 29.6. The summed E-state index contributed by atoms with van der Waals surface area (Å²) in [4.78, 5) is 54.1. The molecule has 2 aliphatic heterocycles. The van der Waals surface area contributed by atoms with Gasteiger partial charge in [-0.15, -0.1) is 0 Å². The molecule has 4 rings (SSSR count). The van der Waals surface area contributed by atoms with Crippen LogP contribution in [0.5, 0.6) is 0 Å². The number of methoxy groups -OCH3 is 1. The number of esters is 1. The highest BCUT2D eigenvalue weighted by atomic mass is 19.4. The van der Waals surface area contributed by atoms with Crippen molar-refractivity contribution >= 4 is 23.7 Å². The van der Waals surface area contributed by atoms with Gasteiger partial charge < -0.3 is 20.3 Å². The second kappa shape index (κ2) is 9.62. The van der Waals surface area contributed by atoms with Crippen molar-refractivity contribution in [2.24, 2.45) is 28.6 Å². The van der Waals surface area contributed by atoms with Crippen LogP contribution < -0.4 is 16.0 Å². The van der Waals surface area contributed by atoms with Crippen LogP contribution in [0, 0.1) is 28.6 Å². The largest absolute Gasteiger partial charge is 0.467 e. The number of hydrogen-bond donors (Lipinski definition) is 3. The zero-order chi connectivity index (χ0) is 29.3. The van der Waals surface area contributed by atoms with Gasteiger partial charge in [-0.3, -0.25) is 19.7 Å². The summed E-state index contributed by atoms with van der Waals surface area (Å²) < 4.78 is 45.1. The van der Waals surface area contributed by atoms with E-state index in [-0.39, 0.29) is 41.7 Å². The number of piperidine rings is 1. The third-order valence-corrected chi connectivity index (χ3v) is 9.35. The molecule has 4 fully saturated rings. The number of rotatable bonds is 8. The van der Waals surface area contributed by atoms with Crippen molar-refractivity contribution in [2.75, 3.05) is 13.7 Å². The third-order valence-electron chi connectivity index (χ3n) is 9.35. The minimum absolute atomic E-state index is 0.00442. The monoisotopic (exact) mass is 558 g/mol. The maximum Gasteiger partial charge on any atom is 0.403 e. The van der Waals surface area contributed by atoms with E-state index in [1.165, 1.54) is 12.0 Å². The van der Waals surface area contributed by atoms with E-state index in [4.69, 9.17) is 4.74 Å². The summed E-state index contributed by atoms with van der Waals surface area (Å²) in [6.07, 6.45) is -2.12. The van der Waals surface area contributed by atoms with Crippen LogP contribution >= 0.6 is 0 Å². The second-order valence-electron chi connectivity index (χ2n) is 13.6. The van der Waals surface area contributed by atoms with E-state index < -0.39 is 59.5 Å². The fourth-order valence-electron chi connectivity index (χ4n) is 6.56. The van der Waals surface area contributed by atoms with Gasteiger partial charge in [0.05, 0.1) is 13.2 Å². The van der Waals surface area contributed by atoms with Crippen LogP contribution in [0.1, 0.15) is 67.2 Å². The lowest BCUT2D eigenvalue weighted by atomic mass is 9.84. The van der Waals surface area contributed by atoms with Crippen molar-refractivity contribution in [3.8, 4) is 0 Å². The van der Waals surface area contributed by atoms with Crippen molar-refractivity contribution in [2.45, 2.75) is 103 Å². The van der Waals surface area contributed by atoms with Crippen LogP contribution in [0.15, 0.2) is 0 Å². The van der Waals surface area contributed by atoms with E-state index in [9.17, 15) is 32.3 Å². The highest BCUT2D eigenvalue weighted by Crippen LogP contribution is 2.65. The Bertz CT molecular complexity index is 1040. The highest BCUT2D eigenvalue weighted by molar-refractivity contribution is 5.94. The predicted molar refractivity (Wildman–Crippen MR) is 135 cm³/mol. The Morgan fingerprint density at radius 1 is 1.18 bits per heavy atom. The maximum absolute atomic E-state index is 13.8. The molecule has 9 nitrogen and oxygen atoms in total. The first-order valence-corrected chi connectivity index (χ1v) is 13.7. The molecule has 0 radical (unpaired) electrons. The van der Waals surface area contributed by atoms with Gasteiger partial charge in [0, 0.05) is 18.0 Å². The predicted octanol–water partition coefficient (Wildman–Crippen LogP) is 2.14. The smallest absolute Gasteiger partial charge is 0.403 e. The number of carbonyl (C=O) groups is 4. The molecule has 0 aromatic heterocycles. The summed E-state index contributed by atoms with van der Waals surface area (Å²) >= 11 is 0. The van der Waals surface area contributed by atoms with Crippen molar-refractivity contribution in [1.29, 1.82) is 0 Å². The lowest BCUT2D eigenvalue weighted by Gasteiger charge is -2.39. The van der Waals surface area contributed by atoms with Crippen LogP contribution in [0.25, 0.3) is 0 Å². The standard InChI is InChI=1S/C27H41F3N4O5/c1-13(27(28,29)30)31-19(24(2,3)4)22(37)34-12-15-17(25(15,5)6)18(34)21(36)32-16(23(38)39-7)10-14-11-26(8-9-26)33-20(14)35/h13-19,31H,8-12H2,1-7H3,(H,32,36)(H,33,35)/t13?,14-,15+,16+,17+,18+,19?/m1/s1. The Hall–Kier alpha value is -2.37. The number of nitrogens with zero attached hydrogens (tertiary/aromatic N) is 1. The number of hydrogen-bond acceptors (Lipinski definition) is 6. The molecular formula is C27H41F3N4O5. The topological polar surface area (TPSA) is 117 Å². The normalized spacial score (nSPS) is 30.7. The highest BCUT2D eigenvalue weighted by Gasteiger charge is 2.70. The van der Waals surface area contributed by atoms with Crippen molar-refractivity contribution in [1.82, 2.24) is 20.9 Å². The molecule has 3 N–H and O–H groups in total. The molecule has 2 saturated carbocycles. The van der Waals surface area contributed by atoms with E-state index in [2.05, 4.69) is 16.0 Å². The molecule has 0 aromatic carbocycles. The summed E-state index contributed by atoms with van der Waals surface area (Å²) in [5.41, 5.74) is -1.31. The molecule has 0 aromatic rings. The minimum Gasteiger partial charge on any atom is -0.467 e. The fourth-order valence-corrected chi connectivity index (χ4v) is 6.56. The van der Waals surface area contributed by atoms with Gasteiger partial charge in [-0.1, -0.05) is 34.6 Å². The van der Waals surface area contributed by atoms with Gasteiger partial charge in [0.25, 0.3) is 0 Å². The molecule has 4 aliphatic rings. The molecule has 220 valence electrons. The van der Waals surface area contributed by atoms with Crippen LogP contribution in [0.2, 0.25) is 0 Å². The fraction of sp³-hybridized carbons (Fsp3) is 0.852. The number of fused-ring (bicyclic) bond motifs is 1. The number of nitrogens with one attached hydrogen (secondary N) is 3. The summed E-state index contributed by atoms with van der Waals surface area (Å²) in [5.74, 6) is -2.65. The summed E-state index contributed by atoms with van der Waals surface area (Å²) in [7, 11) is 1.20. The lowest BCUT2D eigenvalue weighted by Crippen LogP contribution is -2.61. The lowest BCUT2D eigenvalue weighted by molar-refractivity contribution is -0.160. The number of alkyl halides is 3.